The van der Waals surface area contributed by atoms with Crippen molar-refractivity contribution in [1.82, 2.24) is 9.97 Å². The van der Waals surface area contributed by atoms with Gasteiger partial charge in [0.05, 0.1) is 10.7 Å². The van der Waals surface area contributed by atoms with Crippen LogP contribution in [0.15, 0.2) is 48.1 Å². The van der Waals surface area contributed by atoms with Gasteiger partial charge in [-0.15, -0.1) is 11.3 Å². The lowest BCUT2D eigenvalue weighted by Gasteiger charge is -2.08. The molecule has 0 fully saturated rings. The zero-order valence-electron chi connectivity index (χ0n) is 13.1. The Hall–Kier alpha value is -2.24. The highest BCUT2D eigenvalue weighted by Crippen LogP contribution is 2.24. The van der Waals surface area contributed by atoms with Gasteiger partial charge in [-0.2, -0.15) is 0 Å². The first-order valence-electron chi connectivity index (χ1n) is 7.53. The number of pyridine rings is 1. The van der Waals surface area contributed by atoms with Crippen molar-refractivity contribution in [3.8, 4) is 11.3 Å². The molecule has 0 spiro atoms. The largest absolute Gasteiger partial charge is 0.326 e. The molecule has 1 N–H and O–H groups in total. The third kappa shape index (κ3) is 3.99. The number of aryl methyl sites for hydroxylation is 1. The van der Waals surface area contributed by atoms with E-state index in [-0.39, 0.29) is 5.91 Å². The van der Waals surface area contributed by atoms with Gasteiger partial charge in [0.1, 0.15) is 0 Å². The van der Waals surface area contributed by atoms with E-state index in [1.165, 1.54) is 0 Å². The predicted octanol–water partition coefficient (Wildman–Crippen LogP) is 4.74. The lowest BCUT2D eigenvalue weighted by atomic mass is 10.2. The maximum Gasteiger partial charge on any atom is 0.224 e. The number of hydrogen-bond acceptors (Lipinski definition) is 4. The summed E-state index contributed by atoms with van der Waals surface area (Å²) in [5.41, 5.74) is 3.58. The summed E-state index contributed by atoms with van der Waals surface area (Å²) < 4.78 is 0. The highest BCUT2D eigenvalue weighted by molar-refractivity contribution is 7.09. The minimum atomic E-state index is -0.0407. The van der Waals surface area contributed by atoms with Crippen molar-refractivity contribution in [2.75, 3.05) is 5.32 Å². The molecule has 1 amide bonds. The minimum absolute atomic E-state index is 0.0407. The Kier molecular flexibility index (Phi) is 5.23. The third-order valence-electron chi connectivity index (χ3n) is 3.64. The molecule has 0 radical (unpaired) electrons. The Labute approximate surface area is 149 Å². The van der Waals surface area contributed by atoms with E-state index < -0.39 is 0 Å². The Bertz CT molecular complexity index is 848. The highest BCUT2D eigenvalue weighted by atomic mass is 35.5. The molecule has 0 saturated carbocycles. The van der Waals surface area contributed by atoms with Crippen molar-refractivity contribution in [2.24, 2.45) is 0 Å². The zero-order chi connectivity index (χ0) is 16.9. The number of halogens is 1. The summed E-state index contributed by atoms with van der Waals surface area (Å²) in [7, 11) is 0. The van der Waals surface area contributed by atoms with E-state index >= 15 is 0 Å². The number of rotatable bonds is 5. The monoisotopic (exact) mass is 357 g/mol. The van der Waals surface area contributed by atoms with Crippen LogP contribution in [0, 0.1) is 6.92 Å². The van der Waals surface area contributed by atoms with Gasteiger partial charge in [0.15, 0.2) is 0 Å². The van der Waals surface area contributed by atoms with Crippen LogP contribution in [-0.2, 0) is 11.2 Å². The lowest BCUT2D eigenvalue weighted by Crippen LogP contribution is -2.13. The highest BCUT2D eigenvalue weighted by Gasteiger charge is 2.09. The standard InChI is InChI=1S/C18H16ClN3OS/c1-12-14(19)3-2-4-15(12)21-17(23)5-6-18-22-16(11-24-18)13-7-9-20-10-8-13/h2-4,7-11H,5-6H2,1H3,(H,21,23). The van der Waals surface area contributed by atoms with E-state index in [0.29, 0.717) is 17.9 Å². The van der Waals surface area contributed by atoms with Crippen LogP contribution in [-0.4, -0.2) is 15.9 Å². The number of carbonyl (C=O) groups is 1. The first-order chi connectivity index (χ1) is 11.6. The molecule has 0 saturated heterocycles. The van der Waals surface area contributed by atoms with Crippen LogP contribution in [0.3, 0.4) is 0 Å². The Balaban J connectivity index is 1.59. The van der Waals surface area contributed by atoms with Crippen LogP contribution in [0.4, 0.5) is 5.69 Å². The summed E-state index contributed by atoms with van der Waals surface area (Å²) in [6.07, 6.45) is 4.49. The minimum Gasteiger partial charge on any atom is -0.326 e. The van der Waals surface area contributed by atoms with E-state index in [1.54, 1.807) is 23.7 Å². The van der Waals surface area contributed by atoms with Gasteiger partial charge >= 0.3 is 0 Å². The Morgan fingerprint density at radius 2 is 2.04 bits per heavy atom. The second kappa shape index (κ2) is 7.55. The molecule has 0 atom stereocenters. The topological polar surface area (TPSA) is 54.9 Å². The second-order valence-corrected chi connectivity index (χ2v) is 6.67. The van der Waals surface area contributed by atoms with Crippen molar-refractivity contribution >= 4 is 34.5 Å². The fourth-order valence-electron chi connectivity index (χ4n) is 2.26. The van der Waals surface area contributed by atoms with Gasteiger partial charge in [0.2, 0.25) is 5.91 Å². The maximum atomic E-state index is 12.1. The normalized spacial score (nSPS) is 10.6. The number of nitrogens with zero attached hydrogens (tertiary/aromatic N) is 2. The lowest BCUT2D eigenvalue weighted by molar-refractivity contribution is -0.116. The van der Waals surface area contributed by atoms with E-state index in [4.69, 9.17) is 11.6 Å². The van der Waals surface area contributed by atoms with Crippen LogP contribution < -0.4 is 5.32 Å². The molecule has 1 aromatic carbocycles. The number of nitrogens with one attached hydrogen (secondary N) is 1. The quantitative estimate of drug-likeness (QED) is 0.717. The fraction of sp³-hybridized carbons (Fsp3) is 0.167. The van der Waals surface area contributed by atoms with Gasteiger partial charge in [-0.3, -0.25) is 9.78 Å². The van der Waals surface area contributed by atoms with E-state index in [2.05, 4.69) is 15.3 Å². The smallest absolute Gasteiger partial charge is 0.224 e. The average Bonchev–Trinajstić information content (AvgIpc) is 3.07. The molecule has 3 aromatic rings. The molecule has 0 aliphatic rings. The predicted molar refractivity (Wildman–Crippen MR) is 98.5 cm³/mol. The van der Waals surface area contributed by atoms with Crippen LogP contribution in [0.2, 0.25) is 5.02 Å². The summed E-state index contributed by atoms with van der Waals surface area (Å²) >= 11 is 7.63. The molecule has 0 bridgehead atoms. The Morgan fingerprint density at radius 3 is 2.83 bits per heavy atom. The Morgan fingerprint density at radius 1 is 1.25 bits per heavy atom. The zero-order valence-corrected chi connectivity index (χ0v) is 14.7. The molecule has 0 aliphatic heterocycles. The molecule has 0 unspecified atom stereocenters. The second-order valence-electron chi connectivity index (χ2n) is 5.32. The molecular weight excluding hydrogens is 342 g/mol. The van der Waals surface area contributed by atoms with Crippen LogP contribution in [0.5, 0.6) is 0 Å². The molecule has 24 heavy (non-hydrogen) atoms. The van der Waals surface area contributed by atoms with Crippen molar-refractivity contribution in [3.05, 3.63) is 63.7 Å². The average molecular weight is 358 g/mol. The fourth-order valence-corrected chi connectivity index (χ4v) is 3.24. The van der Waals surface area contributed by atoms with E-state index in [1.807, 2.05) is 42.6 Å². The molecule has 2 aromatic heterocycles. The first kappa shape index (κ1) is 16.6. The number of thiazole rings is 1. The van der Waals surface area contributed by atoms with Gasteiger partial charge < -0.3 is 5.32 Å². The third-order valence-corrected chi connectivity index (χ3v) is 4.95. The molecule has 0 aliphatic carbocycles. The summed E-state index contributed by atoms with van der Waals surface area (Å²) in [5, 5.41) is 6.50. The van der Waals surface area contributed by atoms with Crippen molar-refractivity contribution in [3.63, 3.8) is 0 Å². The number of anilines is 1. The van der Waals surface area contributed by atoms with Gasteiger partial charge in [-0.05, 0) is 36.8 Å². The van der Waals surface area contributed by atoms with Crippen molar-refractivity contribution in [2.45, 2.75) is 19.8 Å². The molecular formula is C18H16ClN3OS. The summed E-state index contributed by atoms with van der Waals surface area (Å²) in [6.45, 7) is 1.89. The number of aromatic nitrogens is 2. The summed E-state index contributed by atoms with van der Waals surface area (Å²) in [5.74, 6) is -0.0407. The van der Waals surface area contributed by atoms with Crippen LogP contribution >= 0.6 is 22.9 Å². The molecule has 122 valence electrons. The number of carbonyl (C=O) groups excluding carboxylic acids is 1. The molecule has 6 heteroatoms. The first-order valence-corrected chi connectivity index (χ1v) is 8.79. The summed E-state index contributed by atoms with van der Waals surface area (Å²) in [6, 6.07) is 9.33. The number of hydrogen-bond donors (Lipinski definition) is 1. The molecule has 4 nitrogen and oxygen atoms in total. The van der Waals surface area contributed by atoms with Crippen LogP contribution in [0.25, 0.3) is 11.3 Å². The van der Waals surface area contributed by atoms with Crippen molar-refractivity contribution < 1.29 is 4.79 Å². The van der Waals surface area contributed by atoms with Gasteiger partial charge in [0, 0.05) is 46.9 Å². The van der Waals surface area contributed by atoms with Gasteiger partial charge in [0.25, 0.3) is 0 Å². The van der Waals surface area contributed by atoms with Crippen molar-refractivity contribution in [1.29, 1.82) is 0 Å². The van der Waals surface area contributed by atoms with E-state index in [0.717, 1.165) is 27.5 Å². The van der Waals surface area contributed by atoms with E-state index in [9.17, 15) is 4.79 Å². The number of amides is 1. The molecule has 2 heterocycles. The SMILES string of the molecule is Cc1c(Cl)cccc1NC(=O)CCc1nc(-c2ccncc2)cs1. The maximum absolute atomic E-state index is 12.1. The van der Waals surface area contributed by atoms with Gasteiger partial charge in [-0.1, -0.05) is 17.7 Å². The molecule has 3 rings (SSSR count). The summed E-state index contributed by atoms with van der Waals surface area (Å²) in [4.78, 5) is 20.7. The van der Waals surface area contributed by atoms with Gasteiger partial charge in [-0.25, -0.2) is 4.98 Å². The number of benzene rings is 1. The van der Waals surface area contributed by atoms with Crippen LogP contribution in [0.1, 0.15) is 17.0 Å².